The third kappa shape index (κ3) is 4.05. The molecule has 3 heterocycles. The van der Waals surface area contributed by atoms with Gasteiger partial charge >= 0.3 is 0 Å². The fourth-order valence-electron chi connectivity index (χ4n) is 3.21. The normalized spacial score (nSPS) is 19.2. The van der Waals surface area contributed by atoms with Crippen molar-refractivity contribution in [1.82, 2.24) is 14.9 Å². The predicted molar refractivity (Wildman–Crippen MR) is 89.9 cm³/mol. The van der Waals surface area contributed by atoms with Gasteiger partial charge in [0.25, 0.3) is 0 Å². The van der Waals surface area contributed by atoms with E-state index < -0.39 is 0 Å². The van der Waals surface area contributed by atoms with Gasteiger partial charge in [-0.15, -0.1) is 0 Å². The van der Waals surface area contributed by atoms with Gasteiger partial charge in [0.2, 0.25) is 0 Å². The molecule has 2 aromatic heterocycles. The number of nitrogens with zero attached hydrogens (tertiary/aromatic N) is 3. The predicted octanol–water partition coefficient (Wildman–Crippen LogP) is 4.12. The van der Waals surface area contributed by atoms with Gasteiger partial charge in [0.15, 0.2) is 0 Å². The average molecular weight is 316 g/mol. The van der Waals surface area contributed by atoms with Gasteiger partial charge < -0.3 is 0 Å². The van der Waals surface area contributed by atoms with Gasteiger partial charge in [-0.25, -0.2) is 0 Å². The van der Waals surface area contributed by atoms with E-state index in [1.54, 1.807) is 6.20 Å². The fraction of sp³-hybridized carbons (Fsp3) is 0.444. The first kappa shape index (κ1) is 15.4. The largest absolute Gasteiger partial charge is 0.296 e. The zero-order valence-electron chi connectivity index (χ0n) is 12.8. The smallest absolute Gasteiger partial charge is 0.0634 e. The lowest BCUT2D eigenvalue weighted by atomic mass is 9.96. The number of aryl methyl sites for hydroxylation is 1. The molecule has 3 nitrogen and oxygen atoms in total. The highest BCUT2D eigenvalue weighted by atomic mass is 35.5. The van der Waals surface area contributed by atoms with E-state index in [0.717, 1.165) is 24.5 Å². The number of rotatable bonds is 5. The quantitative estimate of drug-likeness (QED) is 0.831. The lowest BCUT2D eigenvalue weighted by Crippen LogP contribution is -2.39. The van der Waals surface area contributed by atoms with Gasteiger partial charge in [0.05, 0.1) is 5.02 Å². The summed E-state index contributed by atoms with van der Waals surface area (Å²) in [7, 11) is 0. The SMILES string of the molecule is Clc1cnccc1CN1CCCC[C@H]1CCc1ccccn1. The molecule has 1 atom stereocenters. The Labute approximate surface area is 137 Å². The molecule has 0 radical (unpaired) electrons. The molecule has 4 heteroatoms. The number of hydrogen-bond donors (Lipinski definition) is 0. The number of halogens is 1. The van der Waals surface area contributed by atoms with Crippen molar-refractivity contribution in [2.45, 2.75) is 44.7 Å². The second-order valence-electron chi connectivity index (χ2n) is 5.95. The van der Waals surface area contributed by atoms with Gasteiger partial charge in [0, 0.05) is 36.9 Å². The Hall–Kier alpha value is -1.45. The lowest BCUT2D eigenvalue weighted by Gasteiger charge is -2.36. The molecule has 0 aromatic carbocycles. The maximum absolute atomic E-state index is 6.26. The monoisotopic (exact) mass is 315 g/mol. The highest BCUT2D eigenvalue weighted by Crippen LogP contribution is 2.25. The summed E-state index contributed by atoms with van der Waals surface area (Å²) in [6.07, 6.45) is 11.5. The zero-order valence-corrected chi connectivity index (χ0v) is 13.5. The van der Waals surface area contributed by atoms with Gasteiger partial charge in [-0.05, 0) is 56.0 Å². The average Bonchev–Trinajstić information content (AvgIpc) is 2.57. The minimum atomic E-state index is 0.625. The van der Waals surface area contributed by atoms with Crippen molar-refractivity contribution < 1.29 is 0 Å². The van der Waals surface area contributed by atoms with E-state index in [9.17, 15) is 0 Å². The Morgan fingerprint density at radius 2 is 2.14 bits per heavy atom. The van der Waals surface area contributed by atoms with E-state index in [-0.39, 0.29) is 0 Å². The molecule has 22 heavy (non-hydrogen) atoms. The van der Waals surface area contributed by atoms with E-state index in [1.165, 1.54) is 36.9 Å². The van der Waals surface area contributed by atoms with Crippen molar-refractivity contribution in [2.75, 3.05) is 6.54 Å². The van der Waals surface area contributed by atoms with E-state index in [0.29, 0.717) is 6.04 Å². The van der Waals surface area contributed by atoms with Crippen LogP contribution in [0, 0.1) is 0 Å². The lowest BCUT2D eigenvalue weighted by molar-refractivity contribution is 0.132. The molecular formula is C18H22ClN3. The van der Waals surface area contributed by atoms with Crippen LogP contribution in [0.1, 0.15) is 36.9 Å². The Morgan fingerprint density at radius 3 is 2.95 bits per heavy atom. The summed E-state index contributed by atoms with van der Waals surface area (Å²) in [5.41, 5.74) is 2.37. The number of likely N-dealkylation sites (tertiary alicyclic amines) is 1. The van der Waals surface area contributed by atoms with Crippen molar-refractivity contribution in [3.8, 4) is 0 Å². The summed E-state index contributed by atoms with van der Waals surface area (Å²) in [5.74, 6) is 0. The molecule has 0 aliphatic carbocycles. The second kappa shape index (κ2) is 7.70. The van der Waals surface area contributed by atoms with E-state index in [2.05, 4.69) is 27.0 Å². The molecule has 0 saturated carbocycles. The number of pyridine rings is 2. The maximum Gasteiger partial charge on any atom is 0.0634 e. The molecule has 3 rings (SSSR count). The summed E-state index contributed by atoms with van der Waals surface area (Å²) >= 11 is 6.26. The Bertz CT molecular complexity index is 588. The zero-order chi connectivity index (χ0) is 15.2. The Balaban J connectivity index is 1.62. The Morgan fingerprint density at radius 1 is 1.18 bits per heavy atom. The molecule has 0 amide bonds. The number of piperidine rings is 1. The summed E-state index contributed by atoms with van der Waals surface area (Å²) in [6.45, 7) is 2.08. The van der Waals surface area contributed by atoms with Crippen molar-refractivity contribution in [3.63, 3.8) is 0 Å². The molecule has 1 aliphatic rings. The molecule has 0 bridgehead atoms. The summed E-state index contributed by atoms with van der Waals surface area (Å²) in [4.78, 5) is 11.1. The molecule has 0 spiro atoms. The summed E-state index contributed by atoms with van der Waals surface area (Å²) in [6, 6.07) is 8.82. The van der Waals surface area contributed by atoms with Gasteiger partial charge in [-0.1, -0.05) is 24.1 Å². The minimum Gasteiger partial charge on any atom is -0.296 e. The molecule has 116 valence electrons. The van der Waals surface area contributed by atoms with E-state index in [1.807, 2.05) is 24.5 Å². The van der Waals surface area contributed by atoms with Crippen LogP contribution < -0.4 is 0 Å². The highest BCUT2D eigenvalue weighted by Gasteiger charge is 2.22. The van der Waals surface area contributed by atoms with Crippen molar-refractivity contribution in [2.24, 2.45) is 0 Å². The fourth-order valence-corrected chi connectivity index (χ4v) is 3.39. The van der Waals surface area contributed by atoms with Crippen molar-refractivity contribution in [1.29, 1.82) is 0 Å². The Kier molecular flexibility index (Phi) is 5.41. The minimum absolute atomic E-state index is 0.625. The van der Waals surface area contributed by atoms with Crippen LogP contribution in [0.4, 0.5) is 0 Å². The first-order valence-corrected chi connectivity index (χ1v) is 8.43. The third-order valence-electron chi connectivity index (χ3n) is 4.44. The van der Waals surface area contributed by atoms with E-state index >= 15 is 0 Å². The van der Waals surface area contributed by atoms with Crippen LogP contribution in [0.25, 0.3) is 0 Å². The maximum atomic E-state index is 6.26. The molecule has 1 aliphatic heterocycles. The van der Waals surface area contributed by atoms with Crippen molar-refractivity contribution in [3.05, 3.63) is 59.1 Å². The van der Waals surface area contributed by atoms with Crippen molar-refractivity contribution >= 4 is 11.6 Å². The van der Waals surface area contributed by atoms with Crippen LogP contribution >= 0.6 is 11.6 Å². The third-order valence-corrected chi connectivity index (χ3v) is 4.78. The summed E-state index contributed by atoms with van der Waals surface area (Å²) in [5, 5.41) is 0.775. The van der Waals surface area contributed by atoms with Gasteiger partial charge in [-0.3, -0.25) is 14.9 Å². The second-order valence-corrected chi connectivity index (χ2v) is 6.35. The number of aromatic nitrogens is 2. The molecule has 2 aromatic rings. The van der Waals surface area contributed by atoms with Crippen LogP contribution in [0.3, 0.4) is 0 Å². The highest BCUT2D eigenvalue weighted by molar-refractivity contribution is 6.31. The molecule has 0 N–H and O–H groups in total. The first-order chi connectivity index (χ1) is 10.8. The molecule has 0 unspecified atom stereocenters. The number of hydrogen-bond acceptors (Lipinski definition) is 3. The van der Waals surface area contributed by atoms with Crippen LogP contribution in [-0.4, -0.2) is 27.5 Å². The topological polar surface area (TPSA) is 29.0 Å². The standard InChI is InChI=1S/C18H22ClN3/c19-18-13-20-11-9-15(18)14-22-12-4-2-6-17(22)8-7-16-5-1-3-10-21-16/h1,3,5,9-11,13,17H,2,4,6-8,12,14H2/t17-/m0/s1. The first-order valence-electron chi connectivity index (χ1n) is 8.05. The van der Waals surface area contributed by atoms with Crippen LogP contribution in [-0.2, 0) is 13.0 Å². The van der Waals surface area contributed by atoms with Crippen LogP contribution in [0.5, 0.6) is 0 Å². The van der Waals surface area contributed by atoms with Gasteiger partial charge in [0.1, 0.15) is 0 Å². The molecule has 1 fully saturated rings. The van der Waals surface area contributed by atoms with Gasteiger partial charge in [-0.2, -0.15) is 0 Å². The van der Waals surface area contributed by atoms with E-state index in [4.69, 9.17) is 11.6 Å². The molecular weight excluding hydrogens is 294 g/mol. The van der Waals surface area contributed by atoms with Crippen LogP contribution in [0.2, 0.25) is 5.02 Å². The molecule has 1 saturated heterocycles. The summed E-state index contributed by atoms with van der Waals surface area (Å²) < 4.78 is 0. The van der Waals surface area contributed by atoms with Crippen LogP contribution in [0.15, 0.2) is 42.9 Å².